The van der Waals surface area contributed by atoms with E-state index in [1.165, 1.54) is 0 Å². The number of fused-ring (bicyclic) bond motifs is 1. The third kappa shape index (κ3) is 2.86. The van der Waals surface area contributed by atoms with Gasteiger partial charge in [0.05, 0.1) is 16.9 Å². The van der Waals surface area contributed by atoms with E-state index in [0.717, 1.165) is 29.7 Å². The highest BCUT2D eigenvalue weighted by atomic mass is 16.2. The van der Waals surface area contributed by atoms with Gasteiger partial charge in [-0.1, -0.05) is 31.5 Å². The molecule has 1 amide bonds. The molecule has 5 heteroatoms. The maximum absolute atomic E-state index is 12.9. The van der Waals surface area contributed by atoms with Gasteiger partial charge in [0.1, 0.15) is 17.4 Å². The summed E-state index contributed by atoms with van der Waals surface area (Å²) in [5.74, 6) is -0.251. The van der Waals surface area contributed by atoms with E-state index in [1.54, 1.807) is 24.3 Å². The van der Waals surface area contributed by atoms with Crippen molar-refractivity contribution in [2.75, 3.05) is 5.32 Å². The Morgan fingerprint density at radius 3 is 2.83 bits per heavy atom. The number of rotatable bonds is 4. The second-order valence-electron chi connectivity index (χ2n) is 5.70. The number of nitriles is 1. The Morgan fingerprint density at radius 1 is 1.29 bits per heavy atom. The van der Waals surface area contributed by atoms with Crippen LogP contribution in [0.3, 0.4) is 0 Å². The number of hydrogen-bond donors (Lipinski definition) is 1. The number of aromatic nitrogens is 2. The van der Waals surface area contributed by atoms with Crippen LogP contribution in [0.25, 0.3) is 5.65 Å². The first-order valence-electron chi connectivity index (χ1n) is 7.92. The summed E-state index contributed by atoms with van der Waals surface area (Å²) < 4.78 is 1.82. The number of hydrogen-bond acceptors (Lipinski definition) is 3. The molecule has 1 aromatic carbocycles. The highest BCUT2D eigenvalue weighted by molar-refractivity contribution is 6.05. The van der Waals surface area contributed by atoms with E-state index in [1.807, 2.05) is 29.7 Å². The first kappa shape index (κ1) is 15.8. The largest absolute Gasteiger partial charge is 0.319 e. The molecule has 0 aliphatic heterocycles. The Hall–Kier alpha value is -3.13. The number of nitrogens with one attached hydrogen (secondary N) is 1. The molecule has 0 aliphatic rings. The third-order valence-electron chi connectivity index (χ3n) is 3.84. The Morgan fingerprint density at radius 2 is 2.08 bits per heavy atom. The lowest BCUT2D eigenvalue weighted by atomic mass is 10.1. The maximum atomic E-state index is 12.9. The zero-order chi connectivity index (χ0) is 17.1. The highest BCUT2D eigenvalue weighted by Gasteiger charge is 2.19. The van der Waals surface area contributed by atoms with Crippen molar-refractivity contribution in [1.82, 2.24) is 9.38 Å². The summed E-state index contributed by atoms with van der Waals surface area (Å²) in [5.41, 5.74) is 4.05. The van der Waals surface area contributed by atoms with Crippen molar-refractivity contribution in [3.63, 3.8) is 0 Å². The van der Waals surface area contributed by atoms with Crippen LogP contribution < -0.4 is 5.32 Å². The number of carbonyl (C=O) groups is 1. The monoisotopic (exact) mass is 318 g/mol. The van der Waals surface area contributed by atoms with Crippen molar-refractivity contribution >= 4 is 17.2 Å². The van der Waals surface area contributed by atoms with Crippen LogP contribution in [0.4, 0.5) is 5.69 Å². The van der Waals surface area contributed by atoms with Gasteiger partial charge in [-0.25, -0.2) is 4.98 Å². The van der Waals surface area contributed by atoms with Crippen molar-refractivity contribution in [3.8, 4) is 6.07 Å². The normalized spacial score (nSPS) is 10.5. The minimum Gasteiger partial charge on any atom is -0.319 e. The van der Waals surface area contributed by atoms with Gasteiger partial charge < -0.3 is 5.32 Å². The molecule has 0 radical (unpaired) electrons. The fourth-order valence-corrected chi connectivity index (χ4v) is 2.72. The van der Waals surface area contributed by atoms with Crippen LogP contribution in [0.15, 0.2) is 42.6 Å². The number of carbonyl (C=O) groups excluding carboxylic acids is 1. The van der Waals surface area contributed by atoms with Crippen molar-refractivity contribution in [2.24, 2.45) is 0 Å². The molecule has 0 fully saturated rings. The fourth-order valence-electron chi connectivity index (χ4n) is 2.72. The molecule has 120 valence electrons. The van der Waals surface area contributed by atoms with Crippen LogP contribution in [0.2, 0.25) is 0 Å². The number of anilines is 1. The maximum Gasteiger partial charge on any atom is 0.274 e. The van der Waals surface area contributed by atoms with Crippen molar-refractivity contribution in [3.05, 3.63) is 65.1 Å². The van der Waals surface area contributed by atoms with Crippen molar-refractivity contribution in [2.45, 2.75) is 26.7 Å². The van der Waals surface area contributed by atoms with Gasteiger partial charge in [0.25, 0.3) is 5.91 Å². The predicted molar refractivity (Wildman–Crippen MR) is 93.0 cm³/mol. The second kappa shape index (κ2) is 6.55. The summed E-state index contributed by atoms with van der Waals surface area (Å²) in [7, 11) is 0. The summed E-state index contributed by atoms with van der Waals surface area (Å²) in [6, 6.07) is 13.0. The first-order valence-corrected chi connectivity index (χ1v) is 7.92. The van der Waals surface area contributed by atoms with Gasteiger partial charge >= 0.3 is 0 Å². The minimum atomic E-state index is -0.251. The van der Waals surface area contributed by atoms with Crippen LogP contribution in [0.1, 0.15) is 40.7 Å². The average Bonchev–Trinajstić information content (AvgIpc) is 2.93. The van der Waals surface area contributed by atoms with Gasteiger partial charge in [0, 0.05) is 6.20 Å². The quantitative estimate of drug-likeness (QED) is 0.797. The standard InChI is InChI=1S/C19H18N4O/c1-3-6-16-18(23-12-13(2)9-10-17(23)21-16)19(24)22-15-8-5-4-7-14(15)11-20/h4-5,7-10,12H,3,6H2,1-2H3,(H,22,24). The summed E-state index contributed by atoms with van der Waals surface area (Å²) in [6.07, 6.45) is 3.54. The molecule has 0 unspecified atom stereocenters. The van der Waals surface area contributed by atoms with Gasteiger partial charge in [-0.2, -0.15) is 5.26 Å². The van der Waals surface area contributed by atoms with Crippen molar-refractivity contribution in [1.29, 1.82) is 5.26 Å². The van der Waals surface area contributed by atoms with E-state index in [-0.39, 0.29) is 5.91 Å². The third-order valence-corrected chi connectivity index (χ3v) is 3.84. The molecule has 2 heterocycles. The lowest BCUT2D eigenvalue weighted by molar-refractivity contribution is 0.102. The van der Waals surface area contributed by atoms with E-state index in [4.69, 9.17) is 0 Å². The molecule has 0 bridgehead atoms. The number of pyridine rings is 1. The summed E-state index contributed by atoms with van der Waals surface area (Å²) >= 11 is 0. The average molecular weight is 318 g/mol. The van der Waals surface area contributed by atoms with Gasteiger partial charge in [-0.05, 0) is 37.1 Å². The first-order chi connectivity index (χ1) is 11.6. The highest BCUT2D eigenvalue weighted by Crippen LogP contribution is 2.19. The van der Waals surface area contributed by atoms with E-state index in [2.05, 4.69) is 23.3 Å². The van der Waals surface area contributed by atoms with E-state index >= 15 is 0 Å². The van der Waals surface area contributed by atoms with Crippen LogP contribution in [-0.4, -0.2) is 15.3 Å². The lowest BCUT2D eigenvalue weighted by Crippen LogP contribution is -2.17. The van der Waals surface area contributed by atoms with E-state index in [0.29, 0.717) is 16.9 Å². The molecule has 24 heavy (non-hydrogen) atoms. The topological polar surface area (TPSA) is 70.2 Å². The molecule has 0 saturated heterocycles. The number of aryl methyl sites for hydroxylation is 2. The Kier molecular flexibility index (Phi) is 4.30. The number of nitrogens with zero attached hydrogens (tertiary/aromatic N) is 3. The minimum absolute atomic E-state index is 0.251. The van der Waals surface area contributed by atoms with E-state index in [9.17, 15) is 10.1 Å². The molecular formula is C19H18N4O. The fraction of sp³-hybridized carbons (Fsp3) is 0.211. The molecule has 3 rings (SSSR count). The SMILES string of the molecule is CCCc1nc2ccc(C)cn2c1C(=O)Nc1ccccc1C#N. The summed E-state index contributed by atoms with van der Waals surface area (Å²) in [4.78, 5) is 17.5. The smallest absolute Gasteiger partial charge is 0.274 e. The second-order valence-corrected chi connectivity index (χ2v) is 5.70. The zero-order valence-electron chi connectivity index (χ0n) is 13.7. The van der Waals surface area contributed by atoms with Crippen LogP contribution in [0, 0.1) is 18.3 Å². The van der Waals surface area contributed by atoms with Crippen LogP contribution in [-0.2, 0) is 6.42 Å². The Balaban J connectivity index is 2.07. The van der Waals surface area contributed by atoms with Gasteiger partial charge in [-0.3, -0.25) is 9.20 Å². The summed E-state index contributed by atoms with van der Waals surface area (Å²) in [5, 5.41) is 12.0. The zero-order valence-corrected chi connectivity index (χ0v) is 13.7. The molecule has 5 nitrogen and oxygen atoms in total. The lowest BCUT2D eigenvalue weighted by Gasteiger charge is -2.08. The predicted octanol–water partition coefficient (Wildman–Crippen LogP) is 3.72. The molecule has 0 aliphatic carbocycles. The Bertz CT molecular complexity index is 950. The molecule has 3 aromatic rings. The number of para-hydroxylation sites is 1. The number of imidazole rings is 1. The van der Waals surface area contributed by atoms with E-state index < -0.39 is 0 Å². The number of benzene rings is 1. The molecule has 0 saturated carbocycles. The molecule has 1 N–H and O–H groups in total. The Labute approximate surface area is 140 Å². The summed E-state index contributed by atoms with van der Waals surface area (Å²) in [6.45, 7) is 4.04. The molecule has 0 spiro atoms. The van der Waals surface area contributed by atoms with Gasteiger partial charge in [0.2, 0.25) is 0 Å². The van der Waals surface area contributed by atoms with Crippen molar-refractivity contribution < 1.29 is 4.79 Å². The number of amides is 1. The van der Waals surface area contributed by atoms with Crippen LogP contribution >= 0.6 is 0 Å². The van der Waals surface area contributed by atoms with Gasteiger partial charge in [0.15, 0.2) is 0 Å². The molecular weight excluding hydrogens is 300 g/mol. The van der Waals surface area contributed by atoms with Crippen LogP contribution in [0.5, 0.6) is 0 Å². The molecule has 2 aromatic heterocycles. The van der Waals surface area contributed by atoms with Gasteiger partial charge in [-0.15, -0.1) is 0 Å². The molecule has 0 atom stereocenters.